The highest BCUT2D eigenvalue weighted by molar-refractivity contribution is 9.10. The Balaban J connectivity index is 2.08. The fourth-order valence-corrected chi connectivity index (χ4v) is 2.88. The molecule has 0 saturated heterocycles. The molecule has 0 bridgehead atoms. The summed E-state index contributed by atoms with van der Waals surface area (Å²) in [5.74, 6) is 5.24. The van der Waals surface area contributed by atoms with Gasteiger partial charge in [0.1, 0.15) is 0 Å². The number of rotatable bonds is 5. The summed E-state index contributed by atoms with van der Waals surface area (Å²) in [5, 5.41) is 0. The average molecular weight is 356 g/mol. The van der Waals surface area contributed by atoms with Crippen molar-refractivity contribution in [1.29, 1.82) is 0 Å². The minimum Gasteiger partial charge on any atom is -0.324 e. The molecule has 0 heterocycles. The number of nitrogens with one attached hydrogen (secondary N) is 2. The van der Waals surface area contributed by atoms with Gasteiger partial charge in [-0.25, -0.2) is 13.1 Å². The molecular weight excluding hydrogens is 342 g/mol. The van der Waals surface area contributed by atoms with Gasteiger partial charge in [0, 0.05) is 16.7 Å². The molecule has 0 spiro atoms. The van der Waals surface area contributed by atoms with E-state index < -0.39 is 10.0 Å². The molecule has 20 heavy (non-hydrogen) atoms. The molecule has 0 saturated carbocycles. The van der Waals surface area contributed by atoms with Gasteiger partial charge < -0.3 is 5.43 Å². The monoisotopic (exact) mass is 355 g/mol. The smallest absolute Gasteiger partial charge is 0.240 e. The van der Waals surface area contributed by atoms with E-state index in [-0.39, 0.29) is 11.4 Å². The van der Waals surface area contributed by atoms with E-state index in [2.05, 4.69) is 26.1 Å². The fourth-order valence-electron chi connectivity index (χ4n) is 1.59. The number of nitrogen functional groups attached to an aromatic ring is 1. The van der Waals surface area contributed by atoms with E-state index in [1.54, 1.807) is 12.1 Å². The Morgan fingerprint density at radius 2 is 1.60 bits per heavy atom. The van der Waals surface area contributed by atoms with Crippen molar-refractivity contribution in [2.75, 3.05) is 5.43 Å². The van der Waals surface area contributed by atoms with Gasteiger partial charge in [-0.1, -0.05) is 28.1 Å². The third-order valence-electron chi connectivity index (χ3n) is 2.71. The van der Waals surface area contributed by atoms with Crippen molar-refractivity contribution in [1.82, 2.24) is 4.72 Å². The zero-order valence-corrected chi connectivity index (χ0v) is 12.9. The third-order valence-corrected chi connectivity index (χ3v) is 4.66. The Bertz CT molecular complexity index is 670. The molecule has 5 nitrogen and oxygen atoms in total. The van der Waals surface area contributed by atoms with Crippen molar-refractivity contribution >= 4 is 31.6 Å². The number of hydrogen-bond acceptors (Lipinski definition) is 4. The first-order valence-electron chi connectivity index (χ1n) is 5.82. The van der Waals surface area contributed by atoms with E-state index in [0.717, 1.165) is 10.0 Å². The Kier molecular flexibility index (Phi) is 4.77. The van der Waals surface area contributed by atoms with Crippen LogP contribution in [-0.4, -0.2) is 8.42 Å². The first-order valence-corrected chi connectivity index (χ1v) is 8.10. The molecule has 2 aromatic carbocycles. The lowest BCUT2D eigenvalue weighted by atomic mass is 10.2. The van der Waals surface area contributed by atoms with Crippen LogP contribution in [0.3, 0.4) is 0 Å². The molecule has 0 fully saturated rings. The van der Waals surface area contributed by atoms with E-state index in [4.69, 9.17) is 5.84 Å². The zero-order chi connectivity index (χ0) is 14.6. The molecule has 2 rings (SSSR count). The normalized spacial score (nSPS) is 11.3. The molecule has 0 aromatic heterocycles. The molecule has 106 valence electrons. The maximum absolute atomic E-state index is 12.1. The minimum absolute atomic E-state index is 0.202. The van der Waals surface area contributed by atoms with E-state index in [1.807, 2.05) is 24.3 Å². The van der Waals surface area contributed by atoms with E-state index in [9.17, 15) is 8.42 Å². The molecule has 0 aliphatic rings. The molecular formula is C13H14BrN3O2S. The fraction of sp³-hybridized carbons (Fsp3) is 0.0769. The van der Waals surface area contributed by atoms with Gasteiger partial charge in [-0.15, -0.1) is 0 Å². The summed E-state index contributed by atoms with van der Waals surface area (Å²) >= 11 is 3.33. The van der Waals surface area contributed by atoms with Gasteiger partial charge in [-0.3, -0.25) is 5.84 Å². The van der Waals surface area contributed by atoms with Crippen LogP contribution in [0.4, 0.5) is 5.69 Å². The van der Waals surface area contributed by atoms with Gasteiger partial charge in [-0.2, -0.15) is 0 Å². The predicted molar refractivity (Wildman–Crippen MR) is 82.4 cm³/mol. The summed E-state index contributed by atoms with van der Waals surface area (Å²) in [7, 11) is -3.52. The van der Waals surface area contributed by atoms with Crippen molar-refractivity contribution in [2.24, 2.45) is 5.84 Å². The second kappa shape index (κ2) is 6.36. The van der Waals surface area contributed by atoms with Crippen LogP contribution in [0, 0.1) is 0 Å². The van der Waals surface area contributed by atoms with Crippen LogP contribution >= 0.6 is 15.9 Å². The summed E-state index contributed by atoms with van der Waals surface area (Å²) < 4.78 is 27.7. The number of halogens is 1. The molecule has 0 aliphatic heterocycles. The van der Waals surface area contributed by atoms with Gasteiger partial charge in [0.05, 0.1) is 4.90 Å². The first kappa shape index (κ1) is 15.0. The Morgan fingerprint density at radius 3 is 2.15 bits per heavy atom. The maximum atomic E-state index is 12.1. The predicted octanol–water partition coefficient (Wildman–Crippen LogP) is 2.21. The number of anilines is 1. The Labute approximate surface area is 126 Å². The van der Waals surface area contributed by atoms with Crippen LogP contribution in [-0.2, 0) is 16.6 Å². The van der Waals surface area contributed by atoms with Crippen LogP contribution in [0.25, 0.3) is 0 Å². The third kappa shape index (κ3) is 3.80. The van der Waals surface area contributed by atoms with Gasteiger partial charge in [0.25, 0.3) is 0 Å². The van der Waals surface area contributed by atoms with Crippen LogP contribution in [0.1, 0.15) is 5.56 Å². The largest absolute Gasteiger partial charge is 0.324 e. The highest BCUT2D eigenvalue weighted by Gasteiger charge is 2.13. The van der Waals surface area contributed by atoms with Crippen LogP contribution in [0.5, 0.6) is 0 Å². The SMILES string of the molecule is NNc1ccc(S(=O)(=O)NCc2ccc(Br)cc2)cc1. The highest BCUT2D eigenvalue weighted by atomic mass is 79.9. The van der Waals surface area contributed by atoms with Gasteiger partial charge in [0.15, 0.2) is 0 Å². The second-order valence-electron chi connectivity index (χ2n) is 4.12. The molecule has 7 heteroatoms. The van der Waals surface area contributed by atoms with Crippen LogP contribution < -0.4 is 16.0 Å². The number of nitrogens with two attached hydrogens (primary N) is 1. The summed E-state index contributed by atoms with van der Waals surface area (Å²) in [5.41, 5.74) is 3.99. The standard InChI is InChI=1S/C13H14BrN3O2S/c14-11-3-1-10(2-4-11)9-16-20(18,19)13-7-5-12(17-15)6-8-13/h1-8,16-17H,9,15H2. The molecule has 0 amide bonds. The molecule has 4 N–H and O–H groups in total. The zero-order valence-electron chi connectivity index (χ0n) is 10.5. The molecule has 0 radical (unpaired) electrons. The maximum Gasteiger partial charge on any atom is 0.240 e. The van der Waals surface area contributed by atoms with Crippen LogP contribution in [0.15, 0.2) is 57.9 Å². The molecule has 0 unspecified atom stereocenters. The summed E-state index contributed by atoms with van der Waals surface area (Å²) in [6.07, 6.45) is 0. The van der Waals surface area contributed by atoms with Gasteiger partial charge in [0.2, 0.25) is 10.0 Å². The second-order valence-corrected chi connectivity index (χ2v) is 6.80. The lowest BCUT2D eigenvalue weighted by Crippen LogP contribution is -2.23. The van der Waals surface area contributed by atoms with Crippen LogP contribution in [0.2, 0.25) is 0 Å². The van der Waals surface area contributed by atoms with Crippen molar-refractivity contribution in [3.63, 3.8) is 0 Å². The van der Waals surface area contributed by atoms with E-state index >= 15 is 0 Å². The van der Waals surface area contributed by atoms with Crippen molar-refractivity contribution in [2.45, 2.75) is 11.4 Å². The number of hydrazine groups is 1. The van der Waals surface area contributed by atoms with Crippen molar-refractivity contribution < 1.29 is 8.42 Å². The Morgan fingerprint density at radius 1 is 1.00 bits per heavy atom. The van der Waals surface area contributed by atoms with Gasteiger partial charge in [-0.05, 0) is 42.0 Å². The van der Waals surface area contributed by atoms with E-state index in [0.29, 0.717) is 5.69 Å². The molecule has 0 atom stereocenters. The first-order chi connectivity index (χ1) is 9.51. The van der Waals surface area contributed by atoms with Crippen molar-refractivity contribution in [3.8, 4) is 0 Å². The minimum atomic E-state index is -3.52. The van der Waals surface area contributed by atoms with Crippen molar-refractivity contribution in [3.05, 3.63) is 58.6 Å². The number of benzene rings is 2. The summed E-state index contributed by atoms with van der Waals surface area (Å²) in [6, 6.07) is 13.7. The molecule has 2 aromatic rings. The number of hydrogen-bond donors (Lipinski definition) is 3. The summed E-state index contributed by atoms with van der Waals surface area (Å²) in [6.45, 7) is 0.243. The average Bonchev–Trinajstić information content (AvgIpc) is 2.47. The summed E-state index contributed by atoms with van der Waals surface area (Å²) in [4.78, 5) is 0.202. The van der Waals surface area contributed by atoms with E-state index in [1.165, 1.54) is 12.1 Å². The van der Waals surface area contributed by atoms with Gasteiger partial charge >= 0.3 is 0 Å². The molecule has 0 aliphatic carbocycles. The lowest BCUT2D eigenvalue weighted by molar-refractivity contribution is 0.581. The Hall–Kier alpha value is -1.41. The number of sulfonamides is 1. The highest BCUT2D eigenvalue weighted by Crippen LogP contribution is 2.14. The topological polar surface area (TPSA) is 84.2 Å². The quantitative estimate of drug-likeness (QED) is 0.567. The lowest BCUT2D eigenvalue weighted by Gasteiger charge is -2.08.